The largest absolute Gasteiger partial charge is 0.465 e. The Morgan fingerprint density at radius 3 is 1.74 bits per heavy atom. The molecule has 0 aliphatic rings. The lowest BCUT2D eigenvalue weighted by Gasteiger charge is -2.18. The summed E-state index contributed by atoms with van der Waals surface area (Å²) in [6, 6.07) is 0. The zero-order chi connectivity index (χ0) is 25.8. The molecule has 0 aliphatic carbocycles. The molecule has 0 bridgehead atoms. The molecule has 0 spiro atoms. The molecular weight excluding hydrogens is 440 g/mol. The van der Waals surface area contributed by atoms with Gasteiger partial charge in [0.05, 0.1) is 19.8 Å². The summed E-state index contributed by atoms with van der Waals surface area (Å²) in [5.41, 5.74) is 0. The Hall–Kier alpha value is -1.17. The second-order valence-electron chi connectivity index (χ2n) is 9.61. The molecule has 1 atom stereocenters. The number of allylic oxidation sites excluding steroid dienone is 4. The molecule has 0 saturated heterocycles. The molecule has 0 saturated carbocycles. The van der Waals surface area contributed by atoms with Crippen LogP contribution >= 0.6 is 0 Å². The third-order valence-corrected chi connectivity index (χ3v) is 5.83. The summed E-state index contributed by atoms with van der Waals surface area (Å²) >= 11 is 0. The third kappa shape index (κ3) is 25.7. The van der Waals surface area contributed by atoms with E-state index in [-0.39, 0.29) is 31.4 Å². The number of carbonyl (C=O) groups is 1. The molecule has 0 aromatic carbocycles. The normalized spacial score (nSPS) is 12.8. The van der Waals surface area contributed by atoms with Crippen LogP contribution in [0.15, 0.2) is 24.3 Å². The van der Waals surface area contributed by atoms with Crippen molar-refractivity contribution >= 4 is 5.97 Å². The molecule has 5 heteroatoms. The molecule has 0 heterocycles. The van der Waals surface area contributed by atoms with Gasteiger partial charge in [-0.3, -0.25) is 4.79 Å². The zero-order valence-electron chi connectivity index (χ0n) is 23.2. The van der Waals surface area contributed by atoms with Crippen LogP contribution in [0.2, 0.25) is 0 Å². The van der Waals surface area contributed by atoms with Gasteiger partial charge in [0, 0.05) is 18.9 Å². The summed E-state index contributed by atoms with van der Waals surface area (Å²) in [7, 11) is 0. The summed E-state index contributed by atoms with van der Waals surface area (Å²) < 4.78 is 17.3. The molecule has 0 fully saturated rings. The Morgan fingerprint density at radius 1 is 0.743 bits per heavy atom. The van der Waals surface area contributed by atoms with Crippen molar-refractivity contribution in [3.63, 3.8) is 0 Å². The average molecular weight is 497 g/mol. The molecule has 5 nitrogen and oxygen atoms in total. The Labute approximate surface area is 216 Å². The summed E-state index contributed by atoms with van der Waals surface area (Å²) in [5.74, 6) is -0.206. The highest BCUT2D eigenvalue weighted by molar-refractivity contribution is 5.69. The van der Waals surface area contributed by atoms with Gasteiger partial charge in [0.2, 0.25) is 0 Å². The van der Waals surface area contributed by atoms with Crippen molar-refractivity contribution in [3.05, 3.63) is 24.3 Å². The summed E-state index contributed by atoms with van der Waals surface area (Å²) in [6.07, 6.45) is 25.9. The molecule has 1 N–H and O–H groups in total. The van der Waals surface area contributed by atoms with Crippen LogP contribution in [0.5, 0.6) is 0 Å². The second-order valence-corrected chi connectivity index (χ2v) is 9.61. The highest BCUT2D eigenvalue weighted by Gasteiger charge is 2.11. The maximum atomic E-state index is 11.8. The number of ether oxygens (including phenoxy) is 3. The van der Waals surface area contributed by atoms with Gasteiger partial charge in [-0.1, -0.05) is 70.8 Å². The molecule has 0 amide bonds. The molecule has 35 heavy (non-hydrogen) atoms. The van der Waals surface area contributed by atoms with E-state index in [1.54, 1.807) is 0 Å². The average Bonchev–Trinajstić information content (AvgIpc) is 2.87. The van der Waals surface area contributed by atoms with Gasteiger partial charge in [0.25, 0.3) is 0 Å². The van der Waals surface area contributed by atoms with Crippen molar-refractivity contribution in [1.82, 2.24) is 0 Å². The Morgan fingerprint density at radius 2 is 1.26 bits per heavy atom. The number of aliphatic hydroxyl groups excluding tert-OH is 1. The van der Waals surface area contributed by atoms with E-state index in [1.165, 1.54) is 51.4 Å². The van der Waals surface area contributed by atoms with E-state index in [0.29, 0.717) is 19.6 Å². The van der Waals surface area contributed by atoms with Crippen molar-refractivity contribution in [2.75, 3.05) is 26.4 Å². The molecule has 0 aromatic rings. The van der Waals surface area contributed by atoms with E-state index in [9.17, 15) is 4.79 Å². The number of carbonyl (C=O) groups excluding carboxylic acids is 1. The fourth-order valence-corrected chi connectivity index (χ4v) is 3.48. The van der Waals surface area contributed by atoms with Crippen molar-refractivity contribution < 1.29 is 24.1 Å². The first-order valence-electron chi connectivity index (χ1n) is 14.4. The number of esters is 1. The van der Waals surface area contributed by atoms with E-state index in [4.69, 9.17) is 19.3 Å². The maximum Gasteiger partial charge on any atom is 0.305 e. The molecule has 0 aliphatic heterocycles. The van der Waals surface area contributed by atoms with Crippen molar-refractivity contribution in [3.8, 4) is 0 Å². The lowest BCUT2D eigenvalue weighted by molar-refractivity contribution is -0.149. The first-order chi connectivity index (χ1) is 17.1. The van der Waals surface area contributed by atoms with Gasteiger partial charge in [-0.15, -0.1) is 0 Å². The van der Waals surface area contributed by atoms with Gasteiger partial charge in [0.15, 0.2) is 6.29 Å². The molecule has 206 valence electrons. The van der Waals surface area contributed by atoms with Crippen molar-refractivity contribution in [1.29, 1.82) is 0 Å². The summed E-state index contributed by atoms with van der Waals surface area (Å²) in [4.78, 5) is 11.8. The van der Waals surface area contributed by atoms with Gasteiger partial charge in [-0.2, -0.15) is 0 Å². The predicted molar refractivity (Wildman–Crippen MR) is 146 cm³/mol. The lowest BCUT2D eigenvalue weighted by atomic mass is 10.2. The number of unbranched alkanes of at least 4 members (excludes halogenated alkanes) is 9. The monoisotopic (exact) mass is 496 g/mol. The quantitative estimate of drug-likeness (QED) is 0.0570. The number of rotatable bonds is 26. The van der Waals surface area contributed by atoms with E-state index in [1.807, 2.05) is 6.92 Å². The molecular formula is C30H56O5. The van der Waals surface area contributed by atoms with Crippen LogP contribution in [-0.4, -0.2) is 43.8 Å². The third-order valence-electron chi connectivity index (χ3n) is 5.83. The summed E-state index contributed by atoms with van der Waals surface area (Å²) in [6.45, 7) is 8.03. The number of hydrogen-bond acceptors (Lipinski definition) is 5. The standard InChI is InChI=1S/C30H56O5/c1-4-6-8-10-12-14-16-20-24-33-30(34-25-21-17-15-13-11-9-7-5-2)23-19-18-22-29(32)35-27-28(3)26-31/h12-15,28,30-31H,4-11,16-27H2,1-3H3/b14-12-,15-13-. The highest BCUT2D eigenvalue weighted by Crippen LogP contribution is 2.12. The fraction of sp³-hybridized carbons (Fsp3) is 0.833. The van der Waals surface area contributed by atoms with Crippen LogP contribution in [0, 0.1) is 5.92 Å². The molecule has 0 radical (unpaired) electrons. The minimum Gasteiger partial charge on any atom is -0.465 e. The van der Waals surface area contributed by atoms with E-state index >= 15 is 0 Å². The van der Waals surface area contributed by atoms with Crippen LogP contribution in [0.1, 0.15) is 124 Å². The smallest absolute Gasteiger partial charge is 0.305 e. The highest BCUT2D eigenvalue weighted by atomic mass is 16.7. The van der Waals surface area contributed by atoms with Gasteiger partial charge < -0.3 is 19.3 Å². The van der Waals surface area contributed by atoms with Gasteiger partial charge in [-0.05, 0) is 70.6 Å². The van der Waals surface area contributed by atoms with E-state index in [0.717, 1.165) is 44.9 Å². The van der Waals surface area contributed by atoms with Crippen molar-refractivity contribution in [2.24, 2.45) is 5.92 Å². The minimum absolute atomic E-state index is 0.0116. The zero-order valence-corrected chi connectivity index (χ0v) is 23.2. The van der Waals surface area contributed by atoms with Crippen LogP contribution in [0.25, 0.3) is 0 Å². The maximum absolute atomic E-state index is 11.8. The second kappa shape index (κ2) is 27.4. The minimum atomic E-state index is -0.206. The van der Waals surface area contributed by atoms with E-state index in [2.05, 4.69) is 38.2 Å². The number of hydrogen-bond donors (Lipinski definition) is 1. The van der Waals surface area contributed by atoms with Crippen LogP contribution in [-0.2, 0) is 19.0 Å². The molecule has 0 aromatic heterocycles. The predicted octanol–water partition coefficient (Wildman–Crippen LogP) is 7.91. The number of aliphatic hydroxyl groups is 1. The molecule has 0 rings (SSSR count). The first-order valence-corrected chi connectivity index (χ1v) is 14.4. The van der Waals surface area contributed by atoms with Gasteiger partial charge in [0.1, 0.15) is 0 Å². The van der Waals surface area contributed by atoms with Crippen molar-refractivity contribution in [2.45, 2.75) is 130 Å². The van der Waals surface area contributed by atoms with Gasteiger partial charge >= 0.3 is 5.97 Å². The Balaban J connectivity index is 4.14. The van der Waals surface area contributed by atoms with Crippen LogP contribution in [0.4, 0.5) is 0 Å². The molecule has 1 unspecified atom stereocenters. The van der Waals surface area contributed by atoms with Crippen LogP contribution < -0.4 is 0 Å². The fourth-order valence-electron chi connectivity index (χ4n) is 3.48. The Bertz CT molecular complexity index is 475. The Kier molecular flexibility index (Phi) is 26.5. The van der Waals surface area contributed by atoms with Crippen LogP contribution in [0.3, 0.4) is 0 Å². The van der Waals surface area contributed by atoms with E-state index < -0.39 is 0 Å². The topological polar surface area (TPSA) is 65.0 Å². The van der Waals surface area contributed by atoms with Gasteiger partial charge in [-0.25, -0.2) is 0 Å². The first kappa shape index (κ1) is 33.8. The SMILES string of the molecule is CCCCC/C=C\CCCOC(CCCCC(=O)OCC(C)CO)OCCC/C=C\CCCCC. The summed E-state index contributed by atoms with van der Waals surface area (Å²) in [5, 5.41) is 9.02. The lowest BCUT2D eigenvalue weighted by Crippen LogP contribution is -2.19.